The van der Waals surface area contributed by atoms with Gasteiger partial charge >= 0.3 is 0 Å². The zero-order chi connectivity index (χ0) is 30.7. The minimum atomic E-state index is 0.410. The number of nitrogens with zero attached hydrogens (tertiary/aromatic N) is 2. The highest BCUT2D eigenvalue weighted by molar-refractivity contribution is 5.79. The Morgan fingerprint density at radius 2 is 1.20 bits per heavy atom. The summed E-state index contributed by atoms with van der Waals surface area (Å²) in [4.78, 5) is 10.3. The Hall–Kier alpha value is -5.80. The van der Waals surface area contributed by atoms with E-state index in [9.17, 15) is 0 Å². The first-order valence-corrected chi connectivity index (χ1v) is 15.9. The summed E-state index contributed by atoms with van der Waals surface area (Å²) in [6.45, 7) is 0.826. The monoisotopic (exact) mass is 591 g/mol. The molecule has 0 saturated heterocycles. The first kappa shape index (κ1) is 27.7. The van der Waals surface area contributed by atoms with E-state index in [0.717, 1.165) is 40.2 Å². The maximum atomic E-state index is 5.14. The van der Waals surface area contributed by atoms with Gasteiger partial charge < -0.3 is 5.32 Å². The van der Waals surface area contributed by atoms with Gasteiger partial charge in [-0.05, 0) is 57.8 Å². The smallest absolute Gasteiger partial charge is 0.160 e. The third-order valence-electron chi connectivity index (χ3n) is 8.92. The van der Waals surface area contributed by atoms with Crippen molar-refractivity contribution in [2.45, 2.75) is 0 Å². The lowest BCUT2D eigenvalue weighted by Crippen LogP contribution is -2.11. The van der Waals surface area contributed by atoms with Crippen LogP contribution in [0.25, 0.3) is 56.2 Å². The molecule has 1 N–H and O–H groups in total. The Balaban J connectivity index is 1.17. The standard InChI is InChI=1S/C43H33N3/c1-2-8-30(9-3-1)37-12-6-13-39(27-37)42-28-41(34-20-15-33(16-21-34)40-14-7-25-44-29-40)45-43(46-42)35-22-17-32(18-23-35)38-24-19-31-10-4-5-11-36(31)26-38/h1-28,31,36,44H,29H2/t31-,36?/m1/s1. The zero-order valence-electron chi connectivity index (χ0n) is 25.4. The van der Waals surface area contributed by atoms with E-state index >= 15 is 0 Å². The number of nitrogens with one attached hydrogen (secondary N) is 1. The predicted molar refractivity (Wildman–Crippen MR) is 191 cm³/mol. The van der Waals surface area contributed by atoms with E-state index in [1.165, 1.54) is 27.8 Å². The molecule has 1 aromatic heterocycles. The van der Waals surface area contributed by atoms with Crippen molar-refractivity contribution in [3.63, 3.8) is 0 Å². The highest BCUT2D eigenvalue weighted by Crippen LogP contribution is 2.34. The number of fused-ring (bicyclic) bond motifs is 1. The Morgan fingerprint density at radius 3 is 1.98 bits per heavy atom. The lowest BCUT2D eigenvalue weighted by Gasteiger charge is -2.23. The molecule has 0 bridgehead atoms. The van der Waals surface area contributed by atoms with Gasteiger partial charge in [0.15, 0.2) is 5.82 Å². The van der Waals surface area contributed by atoms with Crippen LogP contribution in [-0.4, -0.2) is 16.5 Å². The second-order valence-electron chi connectivity index (χ2n) is 11.9. The van der Waals surface area contributed by atoms with Crippen LogP contribution in [0.3, 0.4) is 0 Å². The fraction of sp³-hybridized carbons (Fsp3) is 0.0698. The third-order valence-corrected chi connectivity index (χ3v) is 8.92. The van der Waals surface area contributed by atoms with Gasteiger partial charge in [0.1, 0.15) is 0 Å². The van der Waals surface area contributed by atoms with Crippen LogP contribution < -0.4 is 5.32 Å². The summed E-state index contributed by atoms with van der Waals surface area (Å²) >= 11 is 0. The summed E-state index contributed by atoms with van der Waals surface area (Å²) in [5.41, 5.74) is 12.2. The number of hydrogen-bond donors (Lipinski definition) is 1. The van der Waals surface area contributed by atoms with E-state index in [4.69, 9.17) is 9.97 Å². The Labute approximate surface area is 270 Å². The van der Waals surface area contributed by atoms with Crippen LogP contribution in [0.15, 0.2) is 170 Å². The molecule has 0 fully saturated rings. The van der Waals surface area contributed by atoms with Crippen LogP contribution in [0.5, 0.6) is 0 Å². The molecule has 1 aliphatic heterocycles. The molecule has 2 heterocycles. The van der Waals surface area contributed by atoms with Crippen LogP contribution in [0, 0.1) is 11.8 Å². The number of dihydropyridines is 1. The second-order valence-corrected chi connectivity index (χ2v) is 11.9. The van der Waals surface area contributed by atoms with E-state index in [1.807, 2.05) is 18.3 Å². The lowest BCUT2D eigenvalue weighted by molar-refractivity contribution is 0.663. The maximum Gasteiger partial charge on any atom is 0.160 e. The summed E-state index contributed by atoms with van der Waals surface area (Å²) in [6.07, 6.45) is 21.9. The van der Waals surface area contributed by atoms with Gasteiger partial charge in [-0.15, -0.1) is 0 Å². The van der Waals surface area contributed by atoms with E-state index in [2.05, 4.69) is 157 Å². The van der Waals surface area contributed by atoms with Crippen LogP contribution in [-0.2, 0) is 0 Å². The van der Waals surface area contributed by atoms with E-state index in [-0.39, 0.29) is 0 Å². The molecular formula is C43H33N3. The summed E-state index contributed by atoms with van der Waals surface area (Å²) in [6, 6.07) is 38.6. The van der Waals surface area contributed by atoms with Crippen molar-refractivity contribution in [1.29, 1.82) is 0 Å². The molecule has 2 aliphatic carbocycles. The summed E-state index contributed by atoms with van der Waals surface area (Å²) in [5.74, 6) is 1.57. The number of aromatic nitrogens is 2. The fourth-order valence-electron chi connectivity index (χ4n) is 6.36. The normalized spacial score (nSPS) is 18.0. The van der Waals surface area contributed by atoms with E-state index in [0.29, 0.717) is 17.7 Å². The van der Waals surface area contributed by atoms with Crippen molar-refractivity contribution in [1.82, 2.24) is 15.3 Å². The SMILES string of the molecule is C1=CNCC(c2ccc(-c3cc(-c4cccc(-c5ccccc5)c4)nc(-c4ccc(C5=CC6C=CC=C[C@@H]6C=C5)cc4)n3)cc2)=C1. The third kappa shape index (κ3) is 5.71. The highest BCUT2D eigenvalue weighted by atomic mass is 14.9. The lowest BCUT2D eigenvalue weighted by atomic mass is 9.81. The molecule has 1 unspecified atom stereocenters. The van der Waals surface area contributed by atoms with Gasteiger partial charge in [-0.1, -0.05) is 146 Å². The molecule has 3 heteroatoms. The highest BCUT2D eigenvalue weighted by Gasteiger charge is 2.19. The molecule has 220 valence electrons. The molecule has 4 aromatic carbocycles. The molecule has 3 aliphatic rings. The van der Waals surface area contributed by atoms with Gasteiger partial charge in [0.25, 0.3) is 0 Å². The molecule has 3 nitrogen and oxygen atoms in total. The quantitative estimate of drug-likeness (QED) is 0.214. The molecule has 0 radical (unpaired) electrons. The topological polar surface area (TPSA) is 37.8 Å². The first-order valence-electron chi connectivity index (χ1n) is 15.9. The van der Waals surface area contributed by atoms with Crippen molar-refractivity contribution >= 4 is 11.1 Å². The van der Waals surface area contributed by atoms with Crippen molar-refractivity contribution in [3.8, 4) is 45.0 Å². The Kier molecular flexibility index (Phi) is 7.41. The largest absolute Gasteiger partial charge is 0.387 e. The van der Waals surface area contributed by atoms with Gasteiger partial charge in [0.05, 0.1) is 11.4 Å². The molecule has 46 heavy (non-hydrogen) atoms. The fourth-order valence-corrected chi connectivity index (χ4v) is 6.36. The molecule has 8 rings (SSSR count). The summed E-state index contributed by atoms with van der Waals surface area (Å²) in [5, 5.41) is 3.30. The van der Waals surface area contributed by atoms with Crippen molar-refractivity contribution in [2.24, 2.45) is 11.8 Å². The van der Waals surface area contributed by atoms with Crippen molar-refractivity contribution < 1.29 is 0 Å². The Morgan fingerprint density at radius 1 is 0.522 bits per heavy atom. The average Bonchev–Trinajstić information content (AvgIpc) is 3.15. The minimum absolute atomic E-state index is 0.410. The number of allylic oxidation sites excluding steroid dienone is 10. The Bertz CT molecular complexity index is 2080. The second kappa shape index (κ2) is 12.3. The summed E-state index contributed by atoms with van der Waals surface area (Å²) < 4.78 is 0. The molecule has 0 spiro atoms. The van der Waals surface area contributed by atoms with E-state index in [1.54, 1.807) is 0 Å². The van der Waals surface area contributed by atoms with Crippen molar-refractivity contribution in [3.05, 3.63) is 181 Å². The van der Waals surface area contributed by atoms with Gasteiger partial charge in [0.2, 0.25) is 0 Å². The molecule has 2 atom stereocenters. The van der Waals surface area contributed by atoms with Gasteiger partial charge in [-0.3, -0.25) is 0 Å². The van der Waals surface area contributed by atoms with E-state index < -0.39 is 0 Å². The molecule has 0 saturated carbocycles. The van der Waals surface area contributed by atoms with Gasteiger partial charge in [0, 0.05) is 35.1 Å². The number of rotatable bonds is 6. The number of hydrogen-bond acceptors (Lipinski definition) is 3. The average molecular weight is 592 g/mol. The molecular weight excluding hydrogens is 558 g/mol. The predicted octanol–water partition coefficient (Wildman–Crippen LogP) is 9.96. The van der Waals surface area contributed by atoms with Crippen LogP contribution in [0.4, 0.5) is 0 Å². The maximum absolute atomic E-state index is 5.14. The first-order chi connectivity index (χ1) is 22.8. The van der Waals surface area contributed by atoms with Crippen LogP contribution in [0.1, 0.15) is 11.1 Å². The van der Waals surface area contributed by atoms with Gasteiger partial charge in [-0.25, -0.2) is 9.97 Å². The molecule has 5 aromatic rings. The van der Waals surface area contributed by atoms with Gasteiger partial charge in [-0.2, -0.15) is 0 Å². The minimum Gasteiger partial charge on any atom is -0.387 e. The van der Waals surface area contributed by atoms with Crippen molar-refractivity contribution in [2.75, 3.05) is 6.54 Å². The van der Waals surface area contributed by atoms with Crippen LogP contribution in [0.2, 0.25) is 0 Å². The number of benzene rings is 4. The zero-order valence-corrected chi connectivity index (χ0v) is 25.4. The molecule has 0 amide bonds. The summed E-state index contributed by atoms with van der Waals surface area (Å²) in [7, 11) is 0. The van der Waals surface area contributed by atoms with Crippen LogP contribution >= 0.6 is 0 Å².